The summed E-state index contributed by atoms with van der Waals surface area (Å²) in [7, 11) is -3.40. The van der Waals surface area contributed by atoms with E-state index in [2.05, 4.69) is 23.9 Å². The molecule has 0 unspecified atom stereocenters. The number of nitrogens with one attached hydrogen (secondary N) is 2. The van der Waals surface area contributed by atoms with E-state index in [1.165, 1.54) is 0 Å². The average molecular weight is 296 g/mol. The predicted molar refractivity (Wildman–Crippen MR) is 82.3 cm³/mol. The van der Waals surface area contributed by atoms with Crippen molar-refractivity contribution in [3.63, 3.8) is 0 Å². The highest BCUT2D eigenvalue weighted by Gasteiger charge is 2.45. The molecule has 0 bridgehead atoms. The number of sulfonamides is 1. The summed E-state index contributed by atoms with van der Waals surface area (Å²) in [4.78, 5) is 0.332. The van der Waals surface area contributed by atoms with Crippen LogP contribution in [0.25, 0.3) is 0 Å². The first-order valence-corrected chi connectivity index (χ1v) is 8.71. The van der Waals surface area contributed by atoms with Crippen LogP contribution < -0.4 is 10.0 Å². The Kier molecular flexibility index (Phi) is 4.39. The highest BCUT2D eigenvalue weighted by atomic mass is 32.2. The second-order valence-electron chi connectivity index (χ2n) is 5.90. The fourth-order valence-electron chi connectivity index (χ4n) is 2.40. The van der Waals surface area contributed by atoms with Gasteiger partial charge in [0.1, 0.15) is 0 Å². The third kappa shape index (κ3) is 3.33. The average Bonchev–Trinajstić information content (AvgIpc) is 3.19. The molecular weight excluding hydrogens is 272 g/mol. The van der Waals surface area contributed by atoms with E-state index in [0.29, 0.717) is 17.4 Å². The molecule has 1 aliphatic carbocycles. The van der Waals surface area contributed by atoms with Gasteiger partial charge in [-0.05, 0) is 55.4 Å². The molecule has 0 atom stereocenters. The van der Waals surface area contributed by atoms with Gasteiger partial charge < -0.3 is 5.32 Å². The zero-order valence-electron chi connectivity index (χ0n) is 12.4. The highest BCUT2D eigenvalue weighted by Crippen LogP contribution is 2.51. The van der Waals surface area contributed by atoms with Gasteiger partial charge in [0.25, 0.3) is 0 Å². The minimum Gasteiger partial charge on any atom is -0.385 e. The van der Waals surface area contributed by atoms with Gasteiger partial charge in [0.2, 0.25) is 10.0 Å². The lowest BCUT2D eigenvalue weighted by atomic mass is 9.93. The maximum absolute atomic E-state index is 12.3. The smallest absolute Gasteiger partial charge is 0.240 e. The van der Waals surface area contributed by atoms with E-state index in [9.17, 15) is 8.42 Å². The maximum atomic E-state index is 12.3. The van der Waals surface area contributed by atoms with Gasteiger partial charge in [-0.3, -0.25) is 0 Å². The number of anilines is 1. The molecule has 1 fully saturated rings. The fourth-order valence-corrected chi connectivity index (χ4v) is 3.54. The molecule has 0 aromatic heterocycles. The highest BCUT2D eigenvalue weighted by molar-refractivity contribution is 7.89. The van der Waals surface area contributed by atoms with Crippen LogP contribution in [0.15, 0.2) is 29.2 Å². The summed E-state index contributed by atoms with van der Waals surface area (Å²) in [5, 5.41) is 3.15. The molecule has 0 radical (unpaired) electrons. The van der Waals surface area contributed by atoms with Crippen molar-refractivity contribution in [2.45, 2.75) is 38.5 Å². The van der Waals surface area contributed by atoms with Crippen molar-refractivity contribution < 1.29 is 8.42 Å². The zero-order chi connectivity index (χ0) is 14.8. The Labute approximate surface area is 122 Å². The summed E-state index contributed by atoms with van der Waals surface area (Å²) in [6, 6.07) is 6.89. The van der Waals surface area contributed by atoms with Crippen LogP contribution in [0.5, 0.6) is 0 Å². The summed E-state index contributed by atoms with van der Waals surface area (Å²) in [6.07, 6.45) is 2.24. The van der Waals surface area contributed by atoms with E-state index in [0.717, 1.165) is 25.1 Å². The Balaban J connectivity index is 2.03. The lowest BCUT2D eigenvalue weighted by Gasteiger charge is -2.20. The van der Waals surface area contributed by atoms with E-state index in [1.807, 2.05) is 6.92 Å². The monoisotopic (exact) mass is 296 g/mol. The van der Waals surface area contributed by atoms with Crippen LogP contribution in [0.4, 0.5) is 5.69 Å². The standard InChI is InChI=1S/C15H24N2O2S/c1-4-16-13-5-7-14(8-6-13)20(18,19)17-11-15(9-10-15)12(2)3/h5-8,12,16-17H,4,9-11H2,1-3H3. The lowest BCUT2D eigenvalue weighted by molar-refractivity contribution is 0.357. The van der Waals surface area contributed by atoms with Crippen molar-refractivity contribution in [1.82, 2.24) is 4.72 Å². The molecule has 0 saturated heterocycles. The largest absolute Gasteiger partial charge is 0.385 e. The van der Waals surface area contributed by atoms with Gasteiger partial charge >= 0.3 is 0 Å². The molecule has 1 saturated carbocycles. The third-order valence-corrected chi connectivity index (χ3v) is 5.69. The molecule has 1 aromatic carbocycles. The van der Waals surface area contributed by atoms with Crippen molar-refractivity contribution in [3.8, 4) is 0 Å². The van der Waals surface area contributed by atoms with Crippen LogP contribution in [-0.4, -0.2) is 21.5 Å². The summed E-state index contributed by atoms with van der Waals surface area (Å²) in [5.41, 5.74) is 1.11. The molecule has 2 rings (SSSR count). The van der Waals surface area contributed by atoms with Crippen molar-refractivity contribution in [3.05, 3.63) is 24.3 Å². The molecule has 112 valence electrons. The Morgan fingerprint density at radius 2 is 1.80 bits per heavy atom. The molecule has 2 N–H and O–H groups in total. The topological polar surface area (TPSA) is 58.2 Å². The van der Waals surface area contributed by atoms with Gasteiger partial charge in [-0.1, -0.05) is 13.8 Å². The minimum absolute atomic E-state index is 0.177. The van der Waals surface area contributed by atoms with Crippen LogP contribution in [0.1, 0.15) is 33.6 Å². The van der Waals surface area contributed by atoms with Gasteiger partial charge in [-0.15, -0.1) is 0 Å². The predicted octanol–water partition coefficient (Wildman–Crippen LogP) is 2.83. The van der Waals surface area contributed by atoms with Crippen molar-refractivity contribution in [1.29, 1.82) is 0 Å². The van der Waals surface area contributed by atoms with Crippen LogP contribution in [-0.2, 0) is 10.0 Å². The fraction of sp³-hybridized carbons (Fsp3) is 0.600. The van der Waals surface area contributed by atoms with Gasteiger partial charge in [0.15, 0.2) is 0 Å². The van der Waals surface area contributed by atoms with Crippen LogP contribution >= 0.6 is 0 Å². The first kappa shape index (κ1) is 15.3. The van der Waals surface area contributed by atoms with Crippen LogP contribution in [0.2, 0.25) is 0 Å². The summed E-state index contributed by atoms with van der Waals surface area (Å²) in [5.74, 6) is 0.515. The van der Waals surface area contributed by atoms with Crippen LogP contribution in [0, 0.1) is 11.3 Å². The number of benzene rings is 1. The number of hydrogen-bond donors (Lipinski definition) is 2. The Hall–Kier alpha value is -1.07. The molecule has 1 aliphatic rings. The van der Waals surface area contributed by atoms with Crippen LogP contribution in [0.3, 0.4) is 0 Å². The molecule has 20 heavy (non-hydrogen) atoms. The first-order chi connectivity index (χ1) is 9.39. The summed E-state index contributed by atoms with van der Waals surface area (Å²) < 4.78 is 27.3. The Bertz CT molecular complexity index is 546. The molecule has 0 heterocycles. The Morgan fingerprint density at radius 1 is 1.20 bits per heavy atom. The summed E-state index contributed by atoms with van der Waals surface area (Å²) >= 11 is 0. The maximum Gasteiger partial charge on any atom is 0.240 e. The number of rotatable bonds is 7. The van der Waals surface area contributed by atoms with Crippen molar-refractivity contribution in [2.75, 3.05) is 18.4 Å². The Morgan fingerprint density at radius 3 is 2.25 bits per heavy atom. The van der Waals surface area contributed by atoms with E-state index in [1.54, 1.807) is 24.3 Å². The molecule has 4 nitrogen and oxygen atoms in total. The molecular formula is C15H24N2O2S. The van der Waals surface area contributed by atoms with E-state index in [4.69, 9.17) is 0 Å². The summed E-state index contributed by atoms with van der Waals surface area (Å²) in [6.45, 7) is 7.69. The van der Waals surface area contributed by atoms with E-state index >= 15 is 0 Å². The van der Waals surface area contributed by atoms with E-state index < -0.39 is 10.0 Å². The lowest BCUT2D eigenvalue weighted by Crippen LogP contribution is -2.32. The van der Waals surface area contributed by atoms with Gasteiger partial charge in [0, 0.05) is 18.8 Å². The van der Waals surface area contributed by atoms with Gasteiger partial charge in [0.05, 0.1) is 4.90 Å². The minimum atomic E-state index is -3.40. The quantitative estimate of drug-likeness (QED) is 0.813. The molecule has 1 aromatic rings. The second-order valence-corrected chi connectivity index (χ2v) is 7.66. The van der Waals surface area contributed by atoms with Crippen molar-refractivity contribution >= 4 is 15.7 Å². The normalized spacial score (nSPS) is 17.2. The van der Waals surface area contributed by atoms with Gasteiger partial charge in [-0.25, -0.2) is 13.1 Å². The molecule has 0 spiro atoms. The second kappa shape index (κ2) is 5.74. The molecule has 5 heteroatoms. The molecule has 0 amide bonds. The van der Waals surface area contributed by atoms with E-state index in [-0.39, 0.29) is 5.41 Å². The number of hydrogen-bond acceptors (Lipinski definition) is 3. The zero-order valence-corrected chi connectivity index (χ0v) is 13.3. The third-order valence-electron chi connectivity index (χ3n) is 4.28. The SMILES string of the molecule is CCNc1ccc(S(=O)(=O)NCC2(C(C)C)CC2)cc1. The van der Waals surface area contributed by atoms with Gasteiger partial charge in [-0.2, -0.15) is 0 Å². The molecule has 0 aliphatic heterocycles. The first-order valence-electron chi connectivity index (χ1n) is 7.23. The van der Waals surface area contributed by atoms with Crippen molar-refractivity contribution in [2.24, 2.45) is 11.3 Å².